The van der Waals surface area contributed by atoms with Crippen molar-refractivity contribution < 1.29 is 4.74 Å². The molecule has 1 saturated heterocycles. The number of hydrogen-bond acceptors (Lipinski definition) is 4. The highest BCUT2D eigenvalue weighted by Crippen LogP contribution is 2.24. The maximum Gasteiger partial charge on any atom is 0.228 e. The number of ether oxygens (including phenoxy) is 1. The Morgan fingerprint density at radius 1 is 1.59 bits per heavy atom. The van der Waals surface area contributed by atoms with Crippen LogP contribution in [0.2, 0.25) is 0 Å². The molecule has 0 radical (unpaired) electrons. The van der Waals surface area contributed by atoms with Crippen molar-refractivity contribution in [3.8, 4) is 5.88 Å². The van der Waals surface area contributed by atoms with Crippen LogP contribution in [0.4, 0.5) is 5.95 Å². The second-order valence-corrected chi connectivity index (χ2v) is 4.92. The van der Waals surface area contributed by atoms with Crippen molar-refractivity contribution >= 4 is 17.5 Å². The lowest BCUT2D eigenvalue weighted by Gasteiger charge is -2.33. The van der Waals surface area contributed by atoms with E-state index >= 15 is 0 Å². The van der Waals surface area contributed by atoms with Crippen molar-refractivity contribution in [2.24, 2.45) is 5.92 Å². The molecule has 5 heteroatoms. The fourth-order valence-electron chi connectivity index (χ4n) is 1.92. The van der Waals surface area contributed by atoms with Gasteiger partial charge in [-0.2, -0.15) is 4.98 Å². The first-order chi connectivity index (χ1) is 8.20. The number of piperidine rings is 1. The van der Waals surface area contributed by atoms with Gasteiger partial charge in [0.05, 0.1) is 12.0 Å². The van der Waals surface area contributed by atoms with Crippen LogP contribution in [-0.4, -0.2) is 35.0 Å². The van der Waals surface area contributed by atoms with Crippen molar-refractivity contribution in [3.63, 3.8) is 0 Å². The predicted octanol–water partition coefficient (Wildman–Crippen LogP) is 2.33. The monoisotopic (exact) mass is 255 g/mol. The Morgan fingerprint density at radius 2 is 2.41 bits per heavy atom. The van der Waals surface area contributed by atoms with Gasteiger partial charge in [-0.05, 0) is 19.3 Å². The van der Waals surface area contributed by atoms with Crippen LogP contribution in [0.1, 0.15) is 20.3 Å². The van der Waals surface area contributed by atoms with Crippen LogP contribution in [0, 0.1) is 5.92 Å². The van der Waals surface area contributed by atoms with Crippen LogP contribution in [0.5, 0.6) is 5.88 Å². The van der Waals surface area contributed by atoms with E-state index < -0.39 is 0 Å². The summed E-state index contributed by atoms with van der Waals surface area (Å²) in [6, 6.07) is 1.78. The fourth-order valence-corrected chi connectivity index (χ4v) is 2.21. The van der Waals surface area contributed by atoms with Crippen molar-refractivity contribution in [3.05, 3.63) is 12.3 Å². The molecule has 0 saturated carbocycles. The second kappa shape index (κ2) is 5.54. The van der Waals surface area contributed by atoms with Crippen molar-refractivity contribution in [2.45, 2.75) is 25.6 Å². The summed E-state index contributed by atoms with van der Waals surface area (Å²) in [5.41, 5.74) is 0. The summed E-state index contributed by atoms with van der Waals surface area (Å²) in [6.45, 7) is 6.51. The maximum atomic E-state index is 6.28. The van der Waals surface area contributed by atoms with Gasteiger partial charge in [0, 0.05) is 25.4 Å². The van der Waals surface area contributed by atoms with Gasteiger partial charge in [-0.1, -0.05) is 6.92 Å². The number of rotatable bonds is 3. The highest BCUT2D eigenvalue weighted by Gasteiger charge is 2.25. The SMILES string of the molecule is CCOc1ccnc(N2CCC(C)C(Cl)C2)n1. The Kier molecular flexibility index (Phi) is 4.05. The molecule has 2 rings (SSSR count). The quantitative estimate of drug-likeness (QED) is 0.777. The summed E-state index contributed by atoms with van der Waals surface area (Å²) in [6.07, 6.45) is 2.81. The molecule has 0 amide bonds. The second-order valence-electron chi connectivity index (χ2n) is 4.36. The molecule has 0 spiro atoms. The molecular formula is C12H18ClN3O. The van der Waals surface area contributed by atoms with E-state index in [0.717, 1.165) is 19.5 Å². The minimum absolute atomic E-state index is 0.170. The fraction of sp³-hybridized carbons (Fsp3) is 0.667. The first-order valence-corrected chi connectivity index (χ1v) is 6.49. The molecule has 4 nitrogen and oxygen atoms in total. The third-order valence-corrected chi connectivity index (χ3v) is 3.63. The molecule has 0 aliphatic carbocycles. The normalized spacial score (nSPS) is 24.8. The molecule has 1 aromatic rings. The van der Waals surface area contributed by atoms with Gasteiger partial charge in [0.15, 0.2) is 0 Å². The van der Waals surface area contributed by atoms with Crippen LogP contribution in [-0.2, 0) is 0 Å². The Bertz CT molecular complexity index is 375. The summed E-state index contributed by atoms with van der Waals surface area (Å²) >= 11 is 6.28. The Balaban J connectivity index is 2.09. The molecule has 2 atom stereocenters. The third-order valence-electron chi connectivity index (χ3n) is 3.06. The third kappa shape index (κ3) is 3.00. The molecule has 0 aromatic carbocycles. The topological polar surface area (TPSA) is 38.2 Å². The van der Waals surface area contributed by atoms with E-state index in [-0.39, 0.29) is 5.38 Å². The maximum absolute atomic E-state index is 6.28. The molecular weight excluding hydrogens is 238 g/mol. The van der Waals surface area contributed by atoms with Gasteiger partial charge < -0.3 is 9.64 Å². The van der Waals surface area contributed by atoms with Gasteiger partial charge in [0.25, 0.3) is 0 Å². The Labute approximate surface area is 107 Å². The summed E-state index contributed by atoms with van der Waals surface area (Å²) in [7, 11) is 0. The average Bonchev–Trinajstić information content (AvgIpc) is 2.33. The van der Waals surface area contributed by atoms with Crippen molar-refractivity contribution in [1.82, 2.24) is 9.97 Å². The number of hydrogen-bond donors (Lipinski definition) is 0. The smallest absolute Gasteiger partial charge is 0.228 e. The lowest BCUT2D eigenvalue weighted by molar-refractivity contribution is 0.325. The van der Waals surface area contributed by atoms with Crippen LogP contribution < -0.4 is 9.64 Å². The number of halogens is 1. The summed E-state index contributed by atoms with van der Waals surface area (Å²) in [5.74, 6) is 1.90. The molecule has 2 unspecified atom stereocenters. The van der Waals surface area contributed by atoms with E-state index in [0.29, 0.717) is 24.4 Å². The molecule has 1 aliphatic rings. The molecule has 94 valence electrons. The van der Waals surface area contributed by atoms with Crippen LogP contribution in [0.3, 0.4) is 0 Å². The van der Waals surface area contributed by atoms with Crippen LogP contribution in [0.15, 0.2) is 12.3 Å². The molecule has 1 aromatic heterocycles. The number of anilines is 1. The van der Waals surface area contributed by atoms with Gasteiger partial charge in [-0.3, -0.25) is 0 Å². The Morgan fingerprint density at radius 3 is 3.12 bits per heavy atom. The first kappa shape index (κ1) is 12.4. The van der Waals surface area contributed by atoms with E-state index in [9.17, 15) is 0 Å². The minimum Gasteiger partial charge on any atom is -0.478 e. The van der Waals surface area contributed by atoms with E-state index in [4.69, 9.17) is 16.3 Å². The van der Waals surface area contributed by atoms with Crippen LogP contribution >= 0.6 is 11.6 Å². The van der Waals surface area contributed by atoms with E-state index in [2.05, 4.69) is 21.8 Å². The molecule has 0 N–H and O–H groups in total. The largest absolute Gasteiger partial charge is 0.478 e. The number of aromatic nitrogens is 2. The zero-order valence-corrected chi connectivity index (χ0v) is 11.0. The van der Waals surface area contributed by atoms with Crippen molar-refractivity contribution in [2.75, 3.05) is 24.6 Å². The predicted molar refractivity (Wildman–Crippen MR) is 68.8 cm³/mol. The molecule has 2 heterocycles. The standard InChI is InChI=1S/C12H18ClN3O/c1-3-17-11-4-6-14-12(15-11)16-7-5-9(2)10(13)8-16/h4,6,9-10H,3,5,7-8H2,1-2H3. The van der Waals surface area contributed by atoms with E-state index in [1.165, 1.54) is 0 Å². The zero-order valence-electron chi connectivity index (χ0n) is 10.3. The highest BCUT2D eigenvalue weighted by molar-refractivity contribution is 6.21. The van der Waals surface area contributed by atoms with E-state index in [1.807, 2.05) is 6.92 Å². The lowest BCUT2D eigenvalue weighted by atomic mass is 9.99. The Hall–Kier alpha value is -1.03. The first-order valence-electron chi connectivity index (χ1n) is 6.05. The summed E-state index contributed by atoms with van der Waals surface area (Å²) < 4.78 is 5.37. The van der Waals surface area contributed by atoms with Gasteiger partial charge in [-0.25, -0.2) is 4.98 Å². The van der Waals surface area contributed by atoms with Gasteiger partial charge in [-0.15, -0.1) is 11.6 Å². The van der Waals surface area contributed by atoms with Gasteiger partial charge in [0.2, 0.25) is 11.8 Å². The summed E-state index contributed by atoms with van der Waals surface area (Å²) in [4.78, 5) is 10.8. The van der Waals surface area contributed by atoms with Crippen molar-refractivity contribution in [1.29, 1.82) is 0 Å². The minimum atomic E-state index is 0.170. The zero-order chi connectivity index (χ0) is 12.3. The molecule has 17 heavy (non-hydrogen) atoms. The highest BCUT2D eigenvalue weighted by atomic mass is 35.5. The molecule has 1 fully saturated rings. The molecule has 1 aliphatic heterocycles. The van der Waals surface area contributed by atoms with Crippen LogP contribution in [0.25, 0.3) is 0 Å². The molecule has 0 bridgehead atoms. The van der Waals surface area contributed by atoms with E-state index in [1.54, 1.807) is 12.3 Å². The number of alkyl halides is 1. The number of nitrogens with zero attached hydrogens (tertiary/aromatic N) is 3. The van der Waals surface area contributed by atoms with Gasteiger partial charge in [0.1, 0.15) is 0 Å². The lowest BCUT2D eigenvalue weighted by Crippen LogP contribution is -2.41. The van der Waals surface area contributed by atoms with Gasteiger partial charge >= 0.3 is 0 Å². The summed E-state index contributed by atoms with van der Waals surface area (Å²) in [5, 5.41) is 0.170. The average molecular weight is 256 g/mol.